The summed E-state index contributed by atoms with van der Waals surface area (Å²) < 4.78 is 27.6. The number of nitrogens with two attached hydrogens (primary N) is 1. The second kappa shape index (κ2) is 15.7. The second-order valence-electron chi connectivity index (χ2n) is 13.6. The Labute approximate surface area is 301 Å². The first-order valence-corrected chi connectivity index (χ1v) is 18.2. The minimum absolute atomic E-state index is 0.00800. The van der Waals surface area contributed by atoms with Crippen LogP contribution in [0.15, 0.2) is 27.4 Å². The fraction of sp³-hybridized carbons (Fsp3) is 0.571. The van der Waals surface area contributed by atoms with Crippen LogP contribution < -0.4 is 15.4 Å². The third kappa shape index (κ3) is 7.70. The van der Waals surface area contributed by atoms with Crippen LogP contribution in [0.5, 0.6) is 5.88 Å². The first kappa shape index (κ1) is 36.2. The van der Waals surface area contributed by atoms with Gasteiger partial charge in [0.15, 0.2) is 5.76 Å². The summed E-state index contributed by atoms with van der Waals surface area (Å²) >= 11 is 1.48. The van der Waals surface area contributed by atoms with Gasteiger partial charge in [-0.15, -0.1) is 11.3 Å². The van der Waals surface area contributed by atoms with Gasteiger partial charge in [-0.25, -0.2) is 9.97 Å². The maximum absolute atomic E-state index is 12.1. The van der Waals surface area contributed by atoms with Crippen molar-refractivity contribution in [3.8, 4) is 23.5 Å². The number of hydrogen-bond acceptors (Lipinski definition) is 16. The summed E-state index contributed by atoms with van der Waals surface area (Å²) in [6, 6.07) is 5.87. The molecule has 6 rings (SSSR count). The number of fused-ring (bicyclic) bond motifs is 1. The van der Waals surface area contributed by atoms with Gasteiger partial charge < -0.3 is 33.9 Å². The van der Waals surface area contributed by atoms with Crippen molar-refractivity contribution < 1.29 is 28.1 Å². The molecule has 2 N–H and O–H groups in total. The number of ether oxygens (including phenoxy) is 3. The number of aryl methyl sites for hydroxylation is 1. The molecule has 3 atom stereocenters. The van der Waals surface area contributed by atoms with Gasteiger partial charge in [-0.1, -0.05) is 19.0 Å². The molecular formula is C35H45N9O6S. The first-order valence-electron chi connectivity index (χ1n) is 17.4. The first-order chi connectivity index (χ1) is 24.6. The van der Waals surface area contributed by atoms with Crippen LogP contribution in [0, 0.1) is 17.2 Å². The summed E-state index contributed by atoms with van der Waals surface area (Å²) in [6.45, 7) is 12.6. The molecule has 51 heavy (non-hydrogen) atoms. The number of carbonyl (C=O) groups excluding carboxylic acids is 1. The Kier molecular flexibility index (Phi) is 11.2. The van der Waals surface area contributed by atoms with Gasteiger partial charge in [-0.05, 0) is 63.2 Å². The molecule has 0 amide bonds. The van der Waals surface area contributed by atoms with Gasteiger partial charge in [0, 0.05) is 48.4 Å². The highest BCUT2D eigenvalue weighted by molar-refractivity contribution is 7.16. The van der Waals surface area contributed by atoms with E-state index in [-0.39, 0.29) is 17.9 Å². The Morgan fingerprint density at radius 1 is 1.20 bits per heavy atom. The zero-order valence-corrected chi connectivity index (χ0v) is 30.6. The van der Waals surface area contributed by atoms with Crippen molar-refractivity contribution in [2.75, 3.05) is 63.7 Å². The Balaban J connectivity index is 1.01. The number of nitrogen functional groups attached to an aromatic ring is 1. The van der Waals surface area contributed by atoms with Crippen LogP contribution in [0.2, 0.25) is 0 Å². The van der Waals surface area contributed by atoms with Crippen LogP contribution in [0.1, 0.15) is 80.5 Å². The van der Waals surface area contributed by atoms with Crippen molar-refractivity contribution >= 4 is 28.3 Å². The largest absolute Gasteiger partial charge is 0.473 e. The fourth-order valence-electron chi connectivity index (χ4n) is 7.05. The van der Waals surface area contributed by atoms with Crippen molar-refractivity contribution in [2.45, 2.75) is 70.8 Å². The molecule has 1 aliphatic heterocycles. The summed E-state index contributed by atoms with van der Waals surface area (Å²) in [5, 5.41) is 18.6. The Bertz CT molecular complexity index is 1850. The van der Waals surface area contributed by atoms with Crippen molar-refractivity contribution in [2.24, 2.45) is 5.92 Å². The lowest BCUT2D eigenvalue weighted by molar-refractivity contribution is -0.144. The van der Waals surface area contributed by atoms with Crippen molar-refractivity contribution in [3.63, 3.8) is 0 Å². The van der Waals surface area contributed by atoms with E-state index in [9.17, 15) is 10.1 Å². The molecule has 272 valence electrons. The second-order valence-corrected chi connectivity index (χ2v) is 14.7. The van der Waals surface area contributed by atoms with Crippen LogP contribution in [0.4, 0.5) is 10.9 Å². The molecule has 15 nitrogen and oxygen atoms in total. The zero-order chi connectivity index (χ0) is 36.1. The Morgan fingerprint density at radius 2 is 2.04 bits per heavy atom. The minimum Gasteiger partial charge on any atom is -0.473 e. The number of hydrogen-bond donors (Lipinski definition) is 1. The van der Waals surface area contributed by atoms with Crippen LogP contribution in [0.25, 0.3) is 11.5 Å². The van der Waals surface area contributed by atoms with E-state index in [0.29, 0.717) is 65.4 Å². The number of carbonyl (C=O) groups is 1. The number of anilines is 2. The quantitative estimate of drug-likeness (QED) is 0.149. The number of nitrogens with zero attached hydrogens (tertiary/aromatic N) is 8. The van der Waals surface area contributed by atoms with Gasteiger partial charge in [0.2, 0.25) is 17.7 Å². The standard InChI is InChI=1S/C35H45N9O6S/c1-21(2)28(32(45)46-5)25-18-27(41-49-25)48-17-16-47-15-14-43-12-7-13-44(22(3)20-43)34-38-11-9-24(39-34)31-40-33(50-42-31)35(4)10-6-8-26-29(35)23(19-36)30(37)51-26/h9,11,18,21-22,28H,6-8,10,12-17,20,37H2,1-5H3/t22-,28?,35-/m0/s1. The van der Waals surface area contributed by atoms with Crippen LogP contribution in [-0.2, 0) is 26.1 Å². The molecule has 4 aromatic heterocycles. The maximum Gasteiger partial charge on any atom is 0.316 e. The van der Waals surface area contributed by atoms with Crippen LogP contribution >= 0.6 is 11.3 Å². The number of esters is 1. The molecule has 4 aromatic rings. The van der Waals surface area contributed by atoms with Gasteiger partial charge in [0.1, 0.15) is 29.3 Å². The predicted octanol–water partition coefficient (Wildman–Crippen LogP) is 4.58. The molecule has 1 aliphatic carbocycles. The topological polar surface area (TPSA) is 192 Å². The summed E-state index contributed by atoms with van der Waals surface area (Å²) in [5.74, 6) is 1.28. The van der Waals surface area contributed by atoms with Gasteiger partial charge >= 0.3 is 5.97 Å². The molecule has 2 aliphatic rings. The van der Waals surface area contributed by atoms with E-state index in [1.165, 1.54) is 18.4 Å². The summed E-state index contributed by atoms with van der Waals surface area (Å²) in [5.41, 5.74) is 7.62. The maximum atomic E-state index is 12.1. The van der Waals surface area contributed by atoms with E-state index >= 15 is 0 Å². The van der Waals surface area contributed by atoms with E-state index in [4.69, 9.17) is 39.0 Å². The predicted molar refractivity (Wildman–Crippen MR) is 188 cm³/mol. The van der Waals surface area contributed by atoms with Gasteiger partial charge in [-0.2, -0.15) is 10.2 Å². The highest BCUT2D eigenvalue weighted by Crippen LogP contribution is 2.48. The van der Waals surface area contributed by atoms with Gasteiger partial charge in [0.25, 0.3) is 5.88 Å². The lowest BCUT2D eigenvalue weighted by Gasteiger charge is -2.30. The molecule has 1 saturated heterocycles. The molecular weight excluding hydrogens is 675 g/mol. The summed E-state index contributed by atoms with van der Waals surface area (Å²) in [7, 11) is 1.36. The number of rotatable bonds is 13. The van der Waals surface area contributed by atoms with Crippen LogP contribution in [0.3, 0.4) is 0 Å². The molecule has 1 fully saturated rings. The number of methoxy groups -OCH3 is 1. The summed E-state index contributed by atoms with van der Waals surface area (Å²) in [6.07, 6.45) is 5.28. The molecule has 0 aromatic carbocycles. The zero-order valence-electron chi connectivity index (χ0n) is 29.8. The molecule has 0 bridgehead atoms. The van der Waals surface area contributed by atoms with E-state index in [0.717, 1.165) is 62.3 Å². The third-order valence-electron chi connectivity index (χ3n) is 9.67. The molecule has 1 unspecified atom stereocenters. The smallest absolute Gasteiger partial charge is 0.316 e. The van der Waals surface area contributed by atoms with Crippen molar-refractivity contribution in [3.05, 3.63) is 46.0 Å². The van der Waals surface area contributed by atoms with Gasteiger partial charge in [-0.3, -0.25) is 9.69 Å². The number of aromatic nitrogens is 5. The normalized spacial score (nSPS) is 20.1. The highest BCUT2D eigenvalue weighted by Gasteiger charge is 2.43. The van der Waals surface area contributed by atoms with E-state index in [1.807, 2.05) is 13.8 Å². The highest BCUT2D eigenvalue weighted by atomic mass is 32.1. The van der Waals surface area contributed by atoms with Crippen molar-refractivity contribution in [1.29, 1.82) is 5.26 Å². The monoisotopic (exact) mass is 719 g/mol. The lowest BCUT2D eigenvalue weighted by Crippen LogP contribution is -2.40. The Morgan fingerprint density at radius 3 is 2.82 bits per heavy atom. The molecule has 5 heterocycles. The average molecular weight is 720 g/mol. The Hall–Kier alpha value is -4.59. The van der Waals surface area contributed by atoms with E-state index in [2.05, 4.69) is 45.0 Å². The van der Waals surface area contributed by atoms with E-state index < -0.39 is 11.3 Å². The third-order valence-corrected chi connectivity index (χ3v) is 10.8. The molecule has 16 heteroatoms. The van der Waals surface area contributed by atoms with E-state index in [1.54, 1.807) is 18.3 Å². The summed E-state index contributed by atoms with van der Waals surface area (Å²) in [4.78, 5) is 32.1. The fourth-order valence-corrected chi connectivity index (χ4v) is 8.24. The average Bonchev–Trinajstić information content (AvgIpc) is 3.84. The molecule has 0 spiro atoms. The molecule has 0 saturated carbocycles. The van der Waals surface area contributed by atoms with Gasteiger partial charge in [0.05, 0.1) is 31.3 Å². The number of thiophene rings is 1. The van der Waals surface area contributed by atoms with Crippen LogP contribution in [-0.4, -0.2) is 95.3 Å². The minimum atomic E-state index is -0.599. The number of nitriles is 1. The molecule has 0 radical (unpaired) electrons. The van der Waals surface area contributed by atoms with Crippen molar-refractivity contribution in [1.82, 2.24) is 30.2 Å². The SMILES string of the molecule is COC(=O)C(c1cc(OCCOCCN2CCCN(c3nccc(-c4noc([C@@]5(C)CCCc6sc(N)c(C#N)c65)n4)n3)[C@@H](C)C2)no1)C(C)C. The lowest BCUT2D eigenvalue weighted by atomic mass is 9.72.